The second-order valence-corrected chi connectivity index (χ2v) is 5.99. The van der Waals surface area contributed by atoms with Gasteiger partial charge in [0, 0.05) is 25.5 Å². The Morgan fingerprint density at radius 1 is 1.62 bits per heavy atom. The fourth-order valence-corrected chi connectivity index (χ4v) is 4.15. The van der Waals surface area contributed by atoms with Crippen molar-refractivity contribution in [2.75, 3.05) is 12.5 Å². The first-order valence-corrected chi connectivity index (χ1v) is 7.52. The normalized spacial score (nSPS) is 47.7. The number of esters is 1. The van der Waals surface area contributed by atoms with Crippen LogP contribution in [-0.4, -0.2) is 53.4 Å². The Morgan fingerprint density at radius 2 is 2.33 bits per heavy atom. The van der Waals surface area contributed by atoms with Crippen LogP contribution >= 0.6 is 11.6 Å². The molecule has 1 N–H and O–H groups in total. The standard InChI is InChI=1S/C14H19ClO6/c1-4-18-12-10-13(17)5-9(19-8(3)16)14(10,6-15)21-11(20-12)7(13)2/h9-12,17H,2,4-6H2,1,3H3/t9-,10-,11-,12-,13-,14+/m0/s1. The van der Waals surface area contributed by atoms with Gasteiger partial charge in [-0.1, -0.05) is 6.58 Å². The average molecular weight is 319 g/mol. The highest BCUT2D eigenvalue weighted by atomic mass is 35.5. The molecule has 7 heteroatoms. The van der Waals surface area contributed by atoms with Gasteiger partial charge in [0.15, 0.2) is 12.6 Å². The quantitative estimate of drug-likeness (QED) is 0.473. The largest absolute Gasteiger partial charge is 0.459 e. The third kappa shape index (κ3) is 1.90. The van der Waals surface area contributed by atoms with Crippen molar-refractivity contribution in [1.82, 2.24) is 0 Å². The molecule has 0 unspecified atom stereocenters. The molecule has 3 aliphatic heterocycles. The number of hydrogen-bond acceptors (Lipinski definition) is 6. The summed E-state index contributed by atoms with van der Waals surface area (Å²) in [7, 11) is 0. The van der Waals surface area contributed by atoms with Crippen LogP contribution in [0.5, 0.6) is 0 Å². The Morgan fingerprint density at radius 3 is 2.90 bits per heavy atom. The highest BCUT2D eigenvalue weighted by molar-refractivity contribution is 6.18. The number of carbonyl (C=O) groups excluding carboxylic acids is 1. The van der Waals surface area contributed by atoms with Crippen LogP contribution in [0.1, 0.15) is 20.3 Å². The van der Waals surface area contributed by atoms with Crippen LogP contribution in [0.2, 0.25) is 0 Å². The first kappa shape index (κ1) is 15.2. The molecule has 6 atom stereocenters. The van der Waals surface area contributed by atoms with E-state index in [9.17, 15) is 9.90 Å². The van der Waals surface area contributed by atoms with Gasteiger partial charge in [-0.05, 0) is 6.92 Å². The smallest absolute Gasteiger partial charge is 0.303 e. The van der Waals surface area contributed by atoms with Gasteiger partial charge < -0.3 is 24.1 Å². The summed E-state index contributed by atoms with van der Waals surface area (Å²) < 4.78 is 22.5. The van der Waals surface area contributed by atoms with Crippen LogP contribution in [0.3, 0.4) is 0 Å². The fraction of sp³-hybridized carbons (Fsp3) is 0.786. The summed E-state index contributed by atoms with van der Waals surface area (Å²) in [6.07, 6.45) is -1.94. The first-order valence-electron chi connectivity index (χ1n) is 6.98. The Hall–Kier alpha value is -0.660. The molecule has 4 fully saturated rings. The SMILES string of the molecule is C=C1[C@H]2O[C@H](OCC)[C@@H]3[C@](CCl)(O2)[C@@H](OC(C)=O)C[C@]13O. The number of hydrogen-bond donors (Lipinski definition) is 1. The van der Waals surface area contributed by atoms with Crippen molar-refractivity contribution in [2.24, 2.45) is 5.92 Å². The van der Waals surface area contributed by atoms with Gasteiger partial charge in [0.25, 0.3) is 0 Å². The maximum absolute atomic E-state index is 11.4. The van der Waals surface area contributed by atoms with E-state index in [1.54, 1.807) is 0 Å². The van der Waals surface area contributed by atoms with Gasteiger partial charge in [-0.25, -0.2) is 0 Å². The van der Waals surface area contributed by atoms with Crippen LogP contribution in [0.15, 0.2) is 12.2 Å². The molecule has 0 aromatic carbocycles. The minimum Gasteiger partial charge on any atom is -0.459 e. The number of aliphatic hydroxyl groups is 1. The second kappa shape index (κ2) is 4.93. The minimum absolute atomic E-state index is 0.0641. The molecule has 3 saturated heterocycles. The molecule has 1 saturated carbocycles. The number of carbonyl (C=O) groups is 1. The Bertz CT molecular complexity index is 482. The van der Waals surface area contributed by atoms with E-state index in [2.05, 4.69) is 6.58 Å². The highest BCUT2D eigenvalue weighted by Crippen LogP contribution is 2.61. The van der Waals surface area contributed by atoms with Gasteiger partial charge in [0.2, 0.25) is 0 Å². The minimum atomic E-state index is -1.27. The summed E-state index contributed by atoms with van der Waals surface area (Å²) in [5.41, 5.74) is -1.86. The molecular weight excluding hydrogens is 300 g/mol. The van der Waals surface area contributed by atoms with Gasteiger partial charge in [-0.2, -0.15) is 0 Å². The zero-order chi connectivity index (χ0) is 15.4. The Balaban J connectivity index is 2.04. The summed E-state index contributed by atoms with van der Waals surface area (Å²) in [5, 5.41) is 11.1. The molecule has 0 spiro atoms. The first-order chi connectivity index (χ1) is 9.89. The number of ether oxygens (including phenoxy) is 4. The van der Waals surface area contributed by atoms with Gasteiger partial charge in [-0.15, -0.1) is 11.6 Å². The number of fused-ring (bicyclic) bond motifs is 1. The molecule has 4 aliphatic rings. The van der Waals surface area contributed by atoms with Crippen molar-refractivity contribution in [3.8, 4) is 0 Å². The molecule has 4 bridgehead atoms. The van der Waals surface area contributed by atoms with Crippen molar-refractivity contribution < 1.29 is 28.8 Å². The van der Waals surface area contributed by atoms with Gasteiger partial charge in [0.05, 0.1) is 11.8 Å². The average Bonchev–Trinajstić information content (AvgIpc) is 2.64. The molecule has 0 aromatic rings. The predicted octanol–water partition coefficient (Wildman–Crippen LogP) is 0.952. The fourth-order valence-electron chi connectivity index (χ4n) is 3.75. The molecule has 0 amide bonds. The zero-order valence-corrected chi connectivity index (χ0v) is 12.8. The van der Waals surface area contributed by atoms with Crippen molar-refractivity contribution in [2.45, 2.75) is 50.2 Å². The van der Waals surface area contributed by atoms with Gasteiger partial charge in [0.1, 0.15) is 17.3 Å². The van der Waals surface area contributed by atoms with Crippen LogP contribution in [0.4, 0.5) is 0 Å². The van der Waals surface area contributed by atoms with Crippen LogP contribution in [0, 0.1) is 5.92 Å². The molecule has 4 rings (SSSR count). The van der Waals surface area contributed by atoms with E-state index in [1.807, 2.05) is 6.92 Å². The maximum atomic E-state index is 11.4. The third-order valence-corrected chi connectivity index (χ3v) is 5.05. The Labute approximate surface area is 127 Å². The van der Waals surface area contributed by atoms with Crippen molar-refractivity contribution >= 4 is 17.6 Å². The summed E-state index contributed by atoms with van der Waals surface area (Å²) >= 11 is 6.14. The lowest BCUT2D eigenvalue weighted by molar-refractivity contribution is -0.388. The van der Waals surface area contributed by atoms with E-state index >= 15 is 0 Å². The van der Waals surface area contributed by atoms with E-state index in [4.69, 9.17) is 30.5 Å². The van der Waals surface area contributed by atoms with E-state index in [0.717, 1.165) is 0 Å². The molecule has 118 valence electrons. The van der Waals surface area contributed by atoms with E-state index in [-0.39, 0.29) is 12.3 Å². The van der Waals surface area contributed by atoms with Crippen LogP contribution in [-0.2, 0) is 23.7 Å². The number of alkyl halides is 1. The maximum Gasteiger partial charge on any atom is 0.303 e. The topological polar surface area (TPSA) is 74.2 Å². The van der Waals surface area contributed by atoms with E-state index in [0.29, 0.717) is 12.2 Å². The molecule has 0 aromatic heterocycles. The van der Waals surface area contributed by atoms with Crippen LogP contribution in [0.25, 0.3) is 0 Å². The second-order valence-electron chi connectivity index (χ2n) is 5.73. The van der Waals surface area contributed by atoms with Crippen molar-refractivity contribution in [3.63, 3.8) is 0 Å². The molecule has 1 aliphatic carbocycles. The Kier molecular flexibility index (Phi) is 3.58. The van der Waals surface area contributed by atoms with Crippen LogP contribution < -0.4 is 0 Å². The molecule has 6 nitrogen and oxygen atoms in total. The van der Waals surface area contributed by atoms with Crippen molar-refractivity contribution in [1.29, 1.82) is 0 Å². The van der Waals surface area contributed by atoms with Crippen molar-refractivity contribution in [3.05, 3.63) is 12.2 Å². The van der Waals surface area contributed by atoms with E-state index < -0.39 is 41.8 Å². The lowest BCUT2D eigenvalue weighted by Gasteiger charge is -2.56. The molecule has 21 heavy (non-hydrogen) atoms. The third-order valence-electron chi connectivity index (χ3n) is 4.63. The predicted molar refractivity (Wildman–Crippen MR) is 72.6 cm³/mol. The lowest BCUT2D eigenvalue weighted by Crippen LogP contribution is -2.69. The van der Waals surface area contributed by atoms with Gasteiger partial charge >= 0.3 is 5.97 Å². The summed E-state index contributed by atoms with van der Waals surface area (Å²) in [6.45, 7) is 7.46. The lowest BCUT2D eigenvalue weighted by atomic mass is 9.74. The highest BCUT2D eigenvalue weighted by Gasteiger charge is 2.75. The molecular formula is C14H19ClO6. The number of rotatable bonds is 4. The summed E-state index contributed by atoms with van der Waals surface area (Å²) in [4.78, 5) is 11.4. The monoisotopic (exact) mass is 318 g/mol. The zero-order valence-electron chi connectivity index (χ0n) is 12.0. The van der Waals surface area contributed by atoms with Gasteiger partial charge in [-0.3, -0.25) is 4.79 Å². The molecule has 3 heterocycles. The van der Waals surface area contributed by atoms with E-state index in [1.165, 1.54) is 6.92 Å². The summed E-state index contributed by atoms with van der Waals surface area (Å²) in [5.74, 6) is -0.960. The summed E-state index contributed by atoms with van der Waals surface area (Å²) in [6, 6.07) is 0. The number of halogens is 1. The molecule has 0 radical (unpaired) electrons.